The molecule has 1 aromatic heterocycles. The first-order valence-corrected chi connectivity index (χ1v) is 13.8. The lowest BCUT2D eigenvalue weighted by molar-refractivity contribution is -0.385. The van der Waals surface area contributed by atoms with Gasteiger partial charge in [-0.05, 0) is 45.2 Å². The number of sulfonamides is 1. The molecule has 0 radical (unpaired) electrons. The molecular formula is C25H27F2N7O5S. The molecule has 15 heteroatoms. The van der Waals surface area contributed by atoms with Crippen molar-refractivity contribution in [3.8, 4) is 0 Å². The van der Waals surface area contributed by atoms with E-state index in [1.165, 1.54) is 12.1 Å². The van der Waals surface area contributed by atoms with Crippen molar-refractivity contribution in [2.75, 3.05) is 43.4 Å². The molecule has 3 heterocycles. The van der Waals surface area contributed by atoms with Crippen LogP contribution >= 0.6 is 0 Å². The van der Waals surface area contributed by atoms with Gasteiger partial charge in [0.25, 0.3) is 11.6 Å². The molecule has 12 nitrogen and oxygen atoms in total. The third-order valence-electron chi connectivity index (χ3n) is 7.35. The number of amides is 1. The number of anilines is 2. The number of rotatable bonds is 6. The van der Waals surface area contributed by atoms with Crippen LogP contribution in [0.5, 0.6) is 0 Å². The van der Waals surface area contributed by atoms with Crippen LogP contribution < -0.4 is 10.2 Å². The molecule has 0 atom stereocenters. The summed E-state index contributed by atoms with van der Waals surface area (Å²) >= 11 is 0. The molecule has 212 valence electrons. The number of aromatic nitrogens is 2. The van der Waals surface area contributed by atoms with Crippen LogP contribution in [-0.4, -0.2) is 71.9 Å². The highest BCUT2D eigenvalue weighted by atomic mass is 32.2. The Balaban J connectivity index is 1.41. The molecule has 1 saturated heterocycles. The molecule has 0 bridgehead atoms. The van der Waals surface area contributed by atoms with E-state index in [0.29, 0.717) is 36.1 Å². The van der Waals surface area contributed by atoms with Gasteiger partial charge in [0.05, 0.1) is 21.1 Å². The summed E-state index contributed by atoms with van der Waals surface area (Å²) in [5.41, 5.74) is -0.453. The van der Waals surface area contributed by atoms with E-state index in [0.717, 1.165) is 29.5 Å². The van der Waals surface area contributed by atoms with Crippen molar-refractivity contribution in [2.45, 2.75) is 30.8 Å². The van der Waals surface area contributed by atoms with E-state index in [1.54, 1.807) is 19.9 Å². The van der Waals surface area contributed by atoms with Crippen molar-refractivity contribution in [3.05, 3.63) is 75.0 Å². The molecule has 40 heavy (non-hydrogen) atoms. The largest absolute Gasteiger partial charge is 0.369 e. The van der Waals surface area contributed by atoms with Crippen LogP contribution in [0.3, 0.4) is 0 Å². The molecular weight excluding hydrogens is 548 g/mol. The second kappa shape index (κ2) is 9.91. The fourth-order valence-corrected chi connectivity index (χ4v) is 6.85. The van der Waals surface area contributed by atoms with Gasteiger partial charge in [-0.3, -0.25) is 20.0 Å². The topological polar surface area (TPSA) is 145 Å². The number of H-pyrrole nitrogens is 1. The molecule has 5 rings (SSSR count). The zero-order valence-electron chi connectivity index (χ0n) is 21.9. The number of carbonyl (C=O) groups is 1. The molecule has 1 amide bonds. The predicted molar refractivity (Wildman–Crippen MR) is 141 cm³/mol. The number of carbonyl (C=O) groups excluding carboxylic acids is 1. The summed E-state index contributed by atoms with van der Waals surface area (Å²) in [5.74, 6) is -2.88. The van der Waals surface area contributed by atoms with Crippen molar-refractivity contribution in [1.29, 1.82) is 0 Å². The fraction of sp³-hybridized carbons (Fsp3) is 0.360. The second-order valence-electron chi connectivity index (χ2n) is 10.3. The van der Waals surface area contributed by atoms with Gasteiger partial charge in [-0.15, -0.1) is 0 Å². The van der Waals surface area contributed by atoms with Gasteiger partial charge in [0.15, 0.2) is 5.82 Å². The van der Waals surface area contributed by atoms with E-state index in [9.17, 15) is 32.1 Å². The number of fused-ring (bicyclic) bond motifs is 1. The molecule has 2 aliphatic rings. The Morgan fingerprint density at radius 3 is 2.38 bits per heavy atom. The second-order valence-corrected chi connectivity index (χ2v) is 12.2. The van der Waals surface area contributed by atoms with Crippen molar-refractivity contribution in [3.63, 3.8) is 0 Å². The monoisotopic (exact) mass is 575 g/mol. The number of benzene rings is 2. The van der Waals surface area contributed by atoms with Crippen LogP contribution in [0, 0.1) is 21.7 Å². The maximum Gasteiger partial charge on any atom is 0.284 e. The van der Waals surface area contributed by atoms with Crippen LogP contribution in [0.2, 0.25) is 0 Å². The minimum atomic E-state index is -4.37. The average molecular weight is 576 g/mol. The fourth-order valence-electron chi connectivity index (χ4n) is 5.08. The van der Waals surface area contributed by atoms with E-state index < -0.39 is 42.9 Å². The van der Waals surface area contributed by atoms with Crippen LogP contribution in [0.25, 0.3) is 0 Å². The average Bonchev–Trinajstić information content (AvgIpc) is 3.41. The molecule has 2 aromatic carbocycles. The summed E-state index contributed by atoms with van der Waals surface area (Å²) in [4.78, 5) is 28.1. The summed E-state index contributed by atoms with van der Waals surface area (Å²) in [6.07, 6.45) is 0. The highest BCUT2D eigenvalue weighted by Gasteiger charge is 2.48. The predicted octanol–water partition coefficient (Wildman–Crippen LogP) is 3.04. The van der Waals surface area contributed by atoms with E-state index in [-0.39, 0.29) is 23.6 Å². The zero-order valence-corrected chi connectivity index (χ0v) is 22.8. The Morgan fingerprint density at radius 1 is 1.10 bits per heavy atom. The Kier molecular flexibility index (Phi) is 6.84. The molecule has 0 saturated carbocycles. The molecule has 0 spiro atoms. The van der Waals surface area contributed by atoms with Crippen molar-refractivity contribution >= 4 is 33.1 Å². The van der Waals surface area contributed by atoms with E-state index >= 15 is 0 Å². The van der Waals surface area contributed by atoms with Gasteiger partial charge in [0, 0.05) is 56.1 Å². The minimum absolute atomic E-state index is 0.00589. The van der Waals surface area contributed by atoms with Crippen LogP contribution in [0.4, 0.5) is 26.0 Å². The maximum absolute atomic E-state index is 13.8. The smallest absolute Gasteiger partial charge is 0.284 e. The zero-order chi connectivity index (χ0) is 29.0. The Bertz CT molecular complexity index is 1600. The maximum atomic E-state index is 13.8. The highest BCUT2D eigenvalue weighted by Crippen LogP contribution is 2.44. The number of hydrogen-bond acceptors (Lipinski definition) is 8. The van der Waals surface area contributed by atoms with Gasteiger partial charge in [-0.2, -0.15) is 9.40 Å². The summed E-state index contributed by atoms with van der Waals surface area (Å²) < 4.78 is 55.4. The summed E-state index contributed by atoms with van der Waals surface area (Å²) in [7, 11) is -2.37. The van der Waals surface area contributed by atoms with Crippen molar-refractivity contribution in [1.82, 2.24) is 19.4 Å². The van der Waals surface area contributed by atoms with E-state index in [2.05, 4.69) is 20.4 Å². The van der Waals surface area contributed by atoms with Gasteiger partial charge in [-0.1, -0.05) is 0 Å². The first kappa shape index (κ1) is 27.6. The lowest BCUT2D eigenvalue weighted by Gasteiger charge is -2.34. The van der Waals surface area contributed by atoms with Gasteiger partial charge in [0.1, 0.15) is 17.2 Å². The van der Waals surface area contributed by atoms with Crippen molar-refractivity contribution < 1.29 is 26.9 Å². The number of nitrogens with zero attached hydrogens (tertiary/aromatic N) is 5. The summed E-state index contributed by atoms with van der Waals surface area (Å²) in [6, 6.07) is 6.43. The van der Waals surface area contributed by atoms with Gasteiger partial charge >= 0.3 is 0 Å². The highest BCUT2D eigenvalue weighted by molar-refractivity contribution is 7.89. The number of nitro benzene ring substituents is 1. The Morgan fingerprint density at radius 2 is 1.75 bits per heavy atom. The minimum Gasteiger partial charge on any atom is -0.369 e. The summed E-state index contributed by atoms with van der Waals surface area (Å²) in [6.45, 7) is 5.88. The van der Waals surface area contributed by atoms with Crippen LogP contribution in [0.15, 0.2) is 41.3 Å². The number of nitro groups is 1. The molecule has 0 unspecified atom stereocenters. The Labute approximate surface area is 228 Å². The molecule has 0 aliphatic carbocycles. The molecule has 3 aromatic rings. The Hall–Kier alpha value is -3.95. The SMILES string of the molecule is CN1CCN(c2ccc(C(=O)Nc3n[nH]c4c3CN(S(=O)(=O)c3cc(F)cc(F)c3)C4(C)C)c([N+](=O)[O-])c2)CC1. The van der Waals surface area contributed by atoms with E-state index in [4.69, 9.17) is 0 Å². The number of piperazine rings is 1. The number of aromatic amines is 1. The normalized spacial score (nSPS) is 17.6. The molecule has 2 aliphatic heterocycles. The van der Waals surface area contributed by atoms with Gasteiger partial charge in [-0.25, -0.2) is 17.2 Å². The first-order chi connectivity index (χ1) is 18.8. The van der Waals surface area contributed by atoms with Crippen molar-refractivity contribution in [2.24, 2.45) is 0 Å². The number of likely N-dealkylation sites (N-methyl/N-ethyl adjacent to an activating group) is 1. The summed E-state index contributed by atoms with van der Waals surface area (Å²) in [5, 5.41) is 21.3. The van der Waals surface area contributed by atoms with Crippen LogP contribution in [-0.2, 0) is 22.1 Å². The number of halogens is 2. The quantitative estimate of drug-likeness (QED) is 0.337. The lowest BCUT2D eigenvalue weighted by atomic mass is 10.0. The third kappa shape index (κ3) is 4.80. The van der Waals surface area contributed by atoms with Gasteiger partial charge < -0.3 is 15.1 Å². The first-order valence-electron chi connectivity index (χ1n) is 12.4. The van der Waals surface area contributed by atoms with E-state index in [1.807, 2.05) is 11.9 Å². The standard InChI is InChI=1S/C25H27F2N7O5S/c1-25(2)22-20(14-33(25)40(38,39)18-11-15(26)10-16(27)12-18)23(30-29-22)28-24(35)19-5-4-17(13-21(19)34(36)37)32-8-6-31(3)7-9-32/h4-5,10-13H,6-9,14H2,1-3H3,(H2,28,29,30,35). The third-order valence-corrected chi connectivity index (χ3v) is 9.35. The van der Waals surface area contributed by atoms with Gasteiger partial charge in [0.2, 0.25) is 10.0 Å². The van der Waals surface area contributed by atoms with Crippen LogP contribution in [0.1, 0.15) is 35.5 Å². The molecule has 1 fully saturated rings. The number of hydrogen-bond donors (Lipinski definition) is 2. The molecule has 2 N–H and O–H groups in total. The lowest BCUT2D eigenvalue weighted by Crippen LogP contribution is -2.44. The number of nitrogens with one attached hydrogen (secondary N) is 2.